The van der Waals surface area contributed by atoms with E-state index in [1.807, 2.05) is 0 Å². The lowest BCUT2D eigenvalue weighted by Crippen LogP contribution is -2.43. The van der Waals surface area contributed by atoms with Gasteiger partial charge in [-0.05, 0) is 49.2 Å². The summed E-state index contributed by atoms with van der Waals surface area (Å²) < 4.78 is 58.7. The van der Waals surface area contributed by atoms with E-state index in [0.29, 0.717) is 18.8 Å². The van der Waals surface area contributed by atoms with Crippen LogP contribution in [0.2, 0.25) is 0 Å². The van der Waals surface area contributed by atoms with Crippen LogP contribution in [0, 0.1) is 0 Å². The number of anilines is 3. The zero-order chi connectivity index (χ0) is 25.0. The predicted octanol–water partition coefficient (Wildman–Crippen LogP) is 4.30. The second-order valence-corrected chi connectivity index (χ2v) is 10.1. The Bertz CT molecular complexity index is 1230. The van der Waals surface area contributed by atoms with Crippen molar-refractivity contribution in [2.45, 2.75) is 30.4 Å². The summed E-state index contributed by atoms with van der Waals surface area (Å²) in [5, 5.41) is 0. The van der Waals surface area contributed by atoms with Crippen molar-refractivity contribution in [2.24, 2.45) is 0 Å². The minimum Gasteiger partial charge on any atom is -0.494 e. The lowest BCUT2D eigenvalue weighted by atomic mass is 10.0. The molecule has 0 radical (unpaired) electrons. The Morgan fingerprint density at radius 3 is 2.34 bits per heavy atom. The second kappa shape index (κ2) is 10.4. The van der Waals surface area contributed by atoms with Gasteiger partial charge in [-0.3, -0.25) is 4.98 Å². The number of piperidine rings is 1. The average Bonchev–Trinajstić information content (AvgIpc) is 2.85. The van der Waals surface area contributed by atoms with Gasteiger partial charge in [-0.2, -0.15) is 8.78 Å². The van der Waals surface area contributed by atoms with Crippen LogP contribution >= 0.6 is 0 Å². The van der Waals surface area contributed by atoms with Gasteiger partial charge in [0.25, 0.3) is 0 Å². The number of rotatable bonds is 8. The van der Waals surface area contributed by atoms with E-state index >= 15 is 0 Å². The Morgan fingerprint density at radius 1 is 1.06 bits per heavy atom. The number of benzene rings is 1. The summed E-state index contributed by atoms with van der Waals surface area (Å²) in [5.74, 6) is 1.45. The molecule has 0 unspecified atom stereocenters. The predicted molar refractivity (Wildman–Crippen MR) is 129 cm³/mol. The summed E-state index contributed by atoms with van der Waals surface area (Å²) >= 11 is 0. The summed E-state index contributed by atoms with van der Waals surface area (Å²) in [6.07, 6.45) is 7.44. The van der Waals surface area contributed by atoms with E-state index in [0.717, 1.165) is 36.3 Å². The largest absolute Gasteiger partial charge is 0.494 e. The van der Waals surface area contributed by atoms with Gasteiger partial charge in [0, 0.05) is 49.5 Å². The maximum Gasteiger partial charge on any atom is 0.387 e. The van der Waals surface area contributed by atoms with E-state index in [1.165, 1.54) is 18.3 Å². The molecule has 0 saturated carbocycles. The molecule has 186 valence electrons. The van der Waals surface area contributed by atoms with Gasteiger partial charge in [-0.25, -0.2) is 13.4 Å². The van der Waals surface area contributed by atoms with Crippen LogP contribution in [0.15, 0.2) is 66.0 Å². The molecule has 1 fully saturated rings. The molecule has 0 bridgehead atoms. The number of pyridine rings is 2. The highest BCUT2D eigenvalue weighted by atomic mass is 32.2. The second-order valence-electron chi connectivity index (χ2n) is 8.13. The zero-order valence-electron chi connectivity index (χ0n) is 19.3. The molecule has 1 saturated heterocycles. The molecule has 1 aliphatic heterocycles. The third-order valence-corrected chi connectivity index (χ3v) is 6.98. The molecule has 35 heavy (non-hydrogen) atoms. The standard InChI is InChI=1S/C24H26F2N4O4S/c1-33-22-9-12-27-16-21(22)30(17-3-5-19(6-4-17)34-24(25)26)18-10-13-29(14-11-18)23-8-7-20(15-28-23)35(2,31)32/h3-9,12,15-16,18,24H,10-11,13-14H2,1-2H3. The minimum atomic E-state index is -3.30. The highest BCUT2D eigenvalue weighted by Gasteiger charge is 2.29. The molecule has 0 N–H and O–H groups in total. The van der Waals surface area contributed by atoms with E-state index in [2.05, 4.69) is 24.5 Å². The lowest BCUT2D eigenvalue weighted by molar-refractivity contribution is -0.0498. The third kappa shape index (κ3) is 5.79. The molecule has 2 aromatic heterocycles. The third-order valence-electron chi connectivity index (χ3n) is 5.88. The Morgan fingerprint density at radius 2 is 1.77 bits per heavy atom. The fourth-order valence-corrected chi connectivity index (χ4v) is 4.75. The van der Waals surface area contributed by atoms with Gasteiger partial charge in [0.05, 0.1) is 18.2 Å². The maximum atomic E-state index is 12.6. The van der Waals surface area contributed by atoms with Gasteiger partial charge in [-0.15, -0.1) is 0 Å². The Labute approximate surface area is 203 Å². The monoisotopic (exact) mass is 504 g/mol. The van der Waals surface area contributed by atoms with Gasteiger partial charge in [0.1, 0.15) is 23.0 Å². The summed E-state index contributed by atoms with van der Waals surface area (Å²) in [7, 11) is -1.72. The number of aromatic nitrogens is 2. The van der Waals surface area contributed by atoms with Crippen molar-refractivity contribution in [2.75, 3.05) is 36.3 Å². The number of nitrogens with zero attached hydrogens (tertiary/aromatic N) is 4. The molecule has 1 aromatic carbocycles. The number of sulfone groups is 1. The number of halogens is 2. The molecule has 3 aromatic rings. The molecule has 11 heteroatoms. The molecule has 0 amide bonds. The van der Waals surface area contributed by atoms with Crippen LogP contribution in [-0.4, -0.2) is 57.5 Å². The first kappa shape index (κ1) is 24.6. The molecule has 0 atom stereocenters. The molecular weight excluding hydrogens is 478 g/mol. The molecule has 1 aliphatic rings. The summed E-state index contributed by atoms with van der Waals surface area (Å²) in [6, 6.07) is 11.6. The van der Waals surface area contributed by atoms with Gasteiger partial charge >= 0.3 is 6.61 Å². The summed E-state index contributed by atoms with van der Waals surface area (Å²) in [5.41, 5.74) is 1.57. The molecule has 4 rings (SSSR count). The highest BCUT2D eigenvalue weighted by molar-refractivity contribution is 7.90. The maximum absolute atomic E-state index is 12.6. The quantitative estimate of drug-likeness (QED) is 0.449. The van der Waals surface area contributed by atoms with Crippen molar-refractivity contribution >= 4 is 27.0 Å². The van der Waals surface area contributed by atoms with E-state index in [-0.39, 0.29) is 16.7 Å². The SMILES string of the molecule is COc1ccncc1N(c1ccc(OC(F)F)cc1)C1CCN(c2ccc(S(C)(=O)=O)cn2)CC1. The van der Waals surface area contributed by atoms with Gasteiger partial charge in [0.15, 0.2) is 9.84 Å². The summed E-state index contributed by atoms with van der Waals surface area (Å²) in [4.78, 5) is 13.0. The van der Waals surface area contributed by atoms with Crippen LogP contribution < -0.4 is 19.3 Å². The van der Waals surface area contributed by atoms with Crippen molar-refractivity contribution < 1.29 is 26.7 Å². The van der Waals surface area contributed by atoms with Gasteiger partial charge in [0.2, 0.25) is 0 Å². The number of methoxy groups -OCH3 is 1. The van der Waals surface area contributed by atoms with Crippen LogP contribution in [-0.2, 0) is 9.84 Å². The topological polar surface area (TPSA) is 84.9 Å². The molecule has 0 spiro atoms. The van der Waals surface area contributed by atoms with Gasteiger partial charge < -0.3 is 19.3 Å². The fraction of sp³-hybridized carbons (Fsp3) is 0.333. The number of hydrogen-bond donors (Lipinski definition) is 0. The summed E-state index contributed by atoms with van der Waals surface area (Å²) in [6.45, 7) is -1.50. The smallest absolute Gasteiger partial charge is 0.387 e. The van der Waals surface area contributed by atoms with E-state index in [4.69, 9.17) is 4.74 Å². The van der Waals surface area contributed by atoms with E-state index in [1.54, 1.807) is 49.8 Å². The van der Waals surface area contributed by atoms with E-state index < -0.39 is 16.4 Å². The Balaban J connectivity index is 1.57. The van der Waals surface area contributed by atoms with Crippen molar-refractivity contribution in [3.8, 4) is 11.5 Å². The van der Waals surface area contributed by atoms with Crippen LogP contribution in [0.5, 0.6) is 11.5 Å². The van der Waals surface area contributed by atoms with Crippen LogP contribution in [0.1, 0.15) is 12.8 Å². The first-order valence-electron chi connectivity index (χ1n) is 11.0. The number of ether oxygens (including phenoxy) is 2. The lowest BCUT2D eigenvalue weighted by Gasteiger charge is -2.40. The molecule has 0 aliphatic carbocycles. The Kier molecular flexibility index (Phi) is 7.34. The molecular formula is C24H26F2N4O4S. The van der Waals surface area contributed by atoms with Crippen molar-refractivity contribution in [3.05, 3.63) is 61.1 Å². The van der Waals surface area contributed by atoms with E-state index in [9.17, 15) is 17.2 Å². The van der Waals surface area contributed by atoms with Crippen molar-refractivity contribution in [3.63, 3.8) is 0 Å². The Hall–Kier alpha value is -3.47. The van der Waals surface area contributed by atoms with Crippen LogP contribution in [0.4, 0.5) is 26.0 Å². The average molecular weight is 505 g/mol. The minimum absolute atomic E-state index is 0.0708. The van der Waals surface area contributed by atoms with Crippen LogP contribution in [0.25, 0.3) is 0 Å². The number of hydrogen-bond acceptors (Lipinski definition) is 8. The normalized spacial score (nSPS) is 14.7. The molecule has 3 heterocycles. The number of alkyl halides is 2. The van der Waals surface area contributed by atoms with Crippen molar-refractivity contribution in [1.29, 1.82) is 0 Å². The first-order valence-corrected chi connectivity index (χ1v) is 12.9. The first-order chi connectivity index (χ1) is 16.8. The van der Waals surface area contributed by atoms with Crippen LogP contribution in [0.3, 0.4) is 0 Å². The highest BCUT2D eigenvalue weighted by Crippen LogP contribution is 2.38. The fourth-order valence-electron chi connectivity index (χ4n) is 4.19. The molecule has 8 nitrogen and oxygen atoms in total. The van der Waals surface area contributed by atoms with Crippen molar-refractivity contribution in [1.82, 2.24) is 9.97 Å². The van der Waals surface area contributed by atoms with Gasteiger partial charge in [-0.1, -0.05) is 0 Å². The zero-order valence-corrected chi connectivity index (χ0v) is 20.2.